The molecule has 0 radical (unpaired) electrons. The van der Waals surface area contributed by atoms with E-state index in [1.54, 1.807) is 6.92 Å². The van der Waals surface area contributed by atoms with Crippen molar-refractivity contribution < 1.29 is 15.0 Å². The number of nitrogens with one attached hydrogen (secondary N) is 1. The molecule has 2 aromatic rings. The van der Waals surface area contributed by atoms with Crippen molar-refractivity contribution in [2.45, 2.75) is 19.4 Å². The molecule has 1 aromatic carbocycles. The van der Waals surface area contributed by atoms with Crippen molar-refractivity contribution in [3.63, 3.8) is 0 Å². The van der Waals surface area contributed by atoms with Gasteiger partial charge in [0.15, 0.2) is 0 Å². The van der Waals surface area contributed by atoms with Crippen LogP contribution >= 0.6 is 11.3 Å². The van der Waals surface area contributed by atoms with E-state index in [1.807, 2.05) is 31.2 Å². The molecular weight excluding hydrogens is 262 g/mol. The maximum atomic E-state index is 12.2. The van der Waals surface area contributed by atoms with Crippen molar-refractivity contribution in [1.82, 2.24) is 5.32 Å². The molecule has 0 aliphatic heterocycles. The van der Waals surface area contributed by atoms with Crippen molar-refractivity contribution in [3.05, 3.63) is 34.7 Å². The van der Waals surface area contributed by atoms with Gasteiger partial charge in [-0.15, -0.1) is 11.3 Å². The van der Waals surface area contributed by atoms with Gasteiger partial charge in [-0.2, -0.15) is 0 Å². The Morgan fingerprint density at radius 1 is 1.32 bits per heavy atom. The number of aryl methyl sites for hydroxylation is 1. The number of benzene rings is 1. The number of thiophene rings is 1. The molecule has 0 aliphatic carbocycles. The van der Waals surface area contributed by atoms with Gasteiger partial charge in [-0.05, 0) is 30.9 Å². The molecule has 0 aliphatic rings. The first kappa shape index (κ1) is 14.0. The summed E-state index contributed by atoms with van der Waals surface area (Å²) in [6.07, 6.45) is 0. The Labute approximate surface area is 115 Å². The molecule has 1 amide bonds. The standard InChI is InChI=1S/C14H17NO3S/c1-9-10-5-3-4-6-11(10)19-12(9)13(18)15-14(2,7-16)8-17/h3-6,16-17H,7-8H2,1-2H3,(H,15,18). The molecule has 0 atom stereocenters. The lowest BCUT2D eigenvalue weighted by Gasteiger charge is -2.25. The zero-order chi connectivity index (χ0) is 14.0. The Kier molecular flexibility index (Phi) is 3.89. The first-order chi connectivity index (χ1) is 9.00. The van der Waals surface area contributed by atoms with Crippen LogP contribution in [0.2, 0.25) is 0 Å². The van der Waals surface area contributed by atoms with E-state index in [1.165, 1.54) is 11.3 Å². The zero-order valence-corrected chi connectivity index (χ0v) is 11.8. The highest BCUT2D eigenvalue weighted by atomic mass is 32.1. The van der Waals surface area contributed by atoms with E-state index in [0.29, 0.717) is 4.88 Å². The molecule has 0 spiro atoms. The van der Waals surface area contributed by atoms with E-state index in [4.69, 9.17) is 0 Å². The lowest BCUT2D eigenvalue weighted by atomic mass is 10.0. The average molecular weight is 279 g/mol. The number of aliphatic hydroxyl groups excluding tert-OH is 2. The average Bonchev–Trinajstić information content (AvgIpc) is 2.76. The SMILES string of the molecule is Cc1c(C(=O)NC(C)(CO)CO)sc2ccccc12. The fourth-order valence-corrected chi connectivity index (χ4v) is 2.96. The van der Waals surface area contributed by atoms with Crippen molar-refractivity contribution in [2.24, 2.45) is 0 Å². The molecule has 2 rings (SSSR count). The number of rotatable bonds is 4. The maximum Gasteiger partial charge on any atom is 0.262 e. The number of fused-ring (bicyclic) bond motifs is 1. The van der Waals surface area contributed by atoms with Crippen LogP contribution in [0.15, 0.2) is 24.3 Å². The molecular formula is C14H17NO3S. The third-order valence-electron chi connectivity index (χ3n) is 3.16. The Morgan fingerprint density at radius 3 is 2.53 bits per heavy atom. The van der Waals surface area contributed by atoms with E-state index < -0.39 is 5.54 Å². The highest BCUT2D eigenvalue weighted by Gasteiger charge is 2.26. The van der Waals surface area contributed by atoms with Gasteiger partial charge < -0.3 is 15.5 Å². The predicted molar refractivity (Wildman–Crippen MR) is 76.6 cm³/mol. The van der Waals surface area contributed by atoms with Gasteiger partial charge in [0.2, 0.25) is 0 Å². The summed E-state index contributed by atoms with van der Waals surface area (Å²) in [6, 6.07) is 7.83. The topological polar surface area (TPSA) is 69.6 Å². The van der Waals surface area contributed by atoms with Crippen LogP contribution in [-0.4, -0.2) is 34.9 Å². The highest BCUT2D eigenvalue weighted by Crippen LogP contribution is 2.30. The van der Waals surface area contributed by atoms with Gasteiger partial charge in [-0.1, -0.05) is 18.2 Å². The van der Waals surface area contributed by atoms with Gasteiger partial charge >= 0.3 is 0 Å². The fourth-order valence-electron chi connectivity index (χ4n) is 1.85. The summed E-state index contributed by atoms with van der Waals surface area (Å²) in [7, 11) is 0. The third-order valence-corrected chi connectivity index (χ3v) is 4.43. The molecule has 102 valence electrons. The molecule has 5 heteroatoms. The van der Waals surface area contributed by atoms with E-state index in [2.05, 4.69) is 5.32 Å². The van der Waals surface area contributed by atoms with Gasteiger partial charge in [-0.25, -0.2) is 0 Å². The second kappa shape index (κ2) is 5.28. The largest absolute Gasteiger partial charge is 0.394 e. The summed E-state index contributed by atoms with van der Waals surface area (Å²) in [5.74, 6) is -0.260. The number of hydrogen-bond donors (Lipinski definition) is 3. The third kappa shape index (κ3) is 2.63. The highest BCUT2D eigenvalue weighted by molar-refractivity contribution is 7.21. The lowest BCUT2D eigenvalue weighted by Crippen LogP contribution is -2.51. The van der Waals surface area contributed by atoms with Crippen molar-refractivity contribution in [3.8, 4) is 0 Å². The van der Waals surface area contributed by atoms with Crippen molar-refractivity contribution in [1.29, 1.82) is 0 Å². The Morgan fingerprint density at radius 2 is 1.95 bits per heavy atom. The molecule has 3 N–H and O–H groups in total. The summed E-state index contributed by atoms with van der Waals surface area (Å²) in [5, 5.41) is 22.2. The maximum absolute atomic E-state index is 12.2. The summed E-state index contributed by atoms with van der Waals surface area (Å²) < 4.78 is 1.06. The minimum Gasteiger partial charge on any atom is -0.394 e. The number of aliphatic hydroxyl groups is 2. The van der Waals surface area contributed by atoms with Crippen LogP contribution in [0.3, 0.4) is 0 Å². The van der Waals surface area contributed by atoms with Crippen molar-refractivity contribution >= 4 is 27.3 Å². The van der Waals surface area contributed by atoms with Crippen LogP contribution < -0.4 is 5.32 Å². The van der Waals surface area contributed by atoms with E-state index in [9.17, 15) is 15.0 Å². The number of hydrogen-bond acceptors (Lipinski definition) is 4. The summed E-state index contributed by atoms with van der Waals surface area (Å²) in [6.45, 7) is 2.90. The van der Waals surface area contributed by atoms with Gasteiger partial charge in [0.25, 0.3) is 5.91 Å². The van der Waals surface area contributed by atoms with Crippen LogP contribution in [0.1, 0.15) is 22.2 Å². The van der Waals surface area contributed by atoms with Gasteiger partial charge in [0.1, 0.15) is 0 Å². The predicted octanol–water partition coefficient (Wildman–Crippen LogP) is 1.68. The second-order valence-electron chi connectivity index (χ2n) is 4.88. The molecule has 19 heavy (non-hydrogen) atoms. The van der Waals surface area contributed by atoms with E-state index in [-0.39, 0.29) is 19.1 Å². The lowest BCUT2D eigenvalue weighted by molar-refractivity contribution is 0.0727. The molecule has 0 saturated carbocycles. The van der Waals surface area contributed by atoms with Crippen molar-refractivity contribution in [2.75, 3.05) is 13.2 Å². The monoisotopic (exact) mass is 279 g/mol. The molecule has 1 heterocycles. The van der Waals surface area contributed by atoms with Crippen LogP contribution in [0.5, 0.6) is 0 Å². The fraction of sp³-hybridized carbons (Fsp3) is 0.357. The molecule has 1 aromatic heterocycles. The van der Waals surface area contributed by atoms with Crippen LogP contribution in [0.4, 0.5) is 0 Å². The van der Waals surface area contributed by atoms with E-state index >= 15 is 0 Å². The quantitative estimate of drug-likeness (QED) is 0.797. The zero-order valence-electron chi connectivity index (χ0n) is 10.9. The summed E-state index contributed by atoms with van der Waals surface area (Å²) in [5.41, 5.74) is -0.0731. The second-order valence-corrected chi connectivity index (χ2v) is 5.94. The number of carbonyl (C=O) groups is 1. The molecule has 0 bridgehead atoms. The summed E-state index contributed by atoms with van der Waals surface area (Å²) in [4.78, 5) is 12.9. The van der Waals surface area contributed by atoms with E-state index in [0.717, 1.165) is 15.6 Å². The molecule has 0 fully saturated rings. The first-order valence-corrected chi connectivity index (χ1v) is 6.85. The molecule has 0 saturated heterocycles. The molecule has 0 unspecified atom stereocenters. The first-order valence-electron chi connectivity index (χ1n) is 6.03. The Bertz CT molecular complexity index is 602. The minimum absolute atomic E-state index is 0.260. The Hall–Kier alpha value is -1.43. The van der Waals surface area contributed by atoms with Gasteiger partial charge in [-0.3, -0.25) is 4.79 Å². The van der Waals surface area contributed by atoms with Crippen LogP contribution in [0, 0.1) is 6.92 Å². The smallest absolute Gasteiger partial charge is 0.262 e. The number of carbonyl (C=O) groups excluding carboxylic acids is 1. The summed E-state index contributed by atoms with van der Waals surface area (Å²) >= 11 is 1.42. The number of amides is 1. The van der Waals surface area contributed by atoms with Crippen LogP contribution in [0.25, 0.3) is 10.1 Å². The minimum atomic E-state index is -1.00. The van der Waals surface area contributed by atoms with Gasteiger partial charge in [0, 0.05) is 4.70 Å². The Balaban J connectivity index is 2.34. The van der Waals surface area contributed by atoms with Crippen LogP contribution in [-0.2, 0) is 0 Å². The molecule has 4 nitrogen and oxygen atoms in total. The van der Waals surface area contributed by atoms with Gasteiger partial charge in [0.05, 0.1) is 23.6 Å². The normalized spacial score (nSPS) is 11.8.